The Balaban J connectivity index is 1.37. The van der Waals surface area contributed by atoms with Crippen molar-refractivity contribution in [3.8, 4) is 11.1 Å². The van der Waals surface area contributed by atoms with Gasteiger partial charge in [0, 0.05) is 18.0 Å². The molecular weight excluding hydrogens is 451 g/mol. The van der Waals surface area contributed by atoms with E-state index in [1.807, 2.05) is 48.5 Å². The number of amides is 2. The van der Waals surface area contributed by atoms with Crippen LogP contribution in [0.4, 0.5) is 14.9 Å². The molecule has 0 radical (unpaired) electrons. The van der Waals surface area contributed by atoms with Crippen molar-refractivity contribution in [3.05, 3.63) is 89.2 Å². The molecule has 0 saturated heterocycles. The minimum atomic E-state index is -1.01. The molecule has 1 aliphatic carbocycles. The summed E-state index contributed by atoms with van der Waals surface area (Å²) in [6.07, 6.45) is -0.456. The summed E-state index contributed by atoms with van der Waals surface area (Å²) in [4.78, 5) is 35.7. The van der Waals surface area contributed by atoms with Crippen LogP contribution in [0.2, 0.25) is 0 Å². The highest BCUT2D eigenvalue weighted by Gasteiger charge is 2.29. The average molecular weight is 477 g/mol. The molecule has 8 heteroatoms. The molecule has 1 unspecified atom stereocenters. The summed E-state index contributed by atoms with van der Waals surface area (Å²) in [5.74, 6) is -3.27. The minimum Gasteiger partial charge on any atom is -0.481 e. The van der Waals surface area contributed by atoms with Gasteiger partial charge in [0.2, 0.25) is 0 Å². The molecule has 1 aliphatic rings. The molecule has 4 rings (SSSR count). The number of carboxylic acid groups (broad SMARTS) is 1. The van der Waals surface area contributed by atoms with Gasteiger partial charge in [-0.15, -0.1) is 0 Å². The van der Waals surface area contributed by atoms with E-state index in [0.717, 1.165) is 28.3 Å². The summed E-state index contributed by atoms with van der Waals surface area (Å²) in [7, 11) is 0. The third-order valence-electron chi connectivity index (χ3n) is 6.16. The van der Waals surface area contributed by atoms with Crippen LogP contribution in [0.5, 0.6) is 0 Å². The van der Waals surface area contributed by atoms with Crippen LogP contribution in [0.3, 0.4) is 0 Å². The third kappa shape index (κ3) is 5.16. The lowest BCUT2D eigenvalue weighted by molar-refractivity contribution is -0.141. The molecule has 3 N–H and O–H groups in total. The number of nitrogens with one attached hydrogen (secondary N) is 2. The van der Waals surface area contributed by atoms with Gasteiger partial charge in [0.05, 0.1) is 11.6 Å². The highest BCUT2D eigenvalue weighted by atomic mass is 19.1. The van der Waals surface area contributed by atoms with Crippen LogP contribution in [-0.4, -0.2) is 36.2 Å². The Bertz CT molecular complexity index is 1230. The monoisotopic (exact) mass is 476 g/mol. The van der Waals surface area contributed by atoms with Gasteiger partial charge in [-0.3, -0.25) is 14.9 Å². The maximum atomic E-state index is 14.6. The summed E-state index contributed by atoms with van der Waals surface area (Å²) >= 11 is 0. The predicted molar refractivity (Wildman–Crippen MR) is 129 cm³/mol. The van der Waals surface area contributed by atoms with Crippen LogP contribution >= 0.6 is 0 Å². The Morgan fingerprint density at radius 2 is 1.63 bits per heavy atom. The normalized spacial score (nSPS) is 12.9. The van der Waals surface area contributed by atoms with Crippen LogP contribution in [0, 0.1) is 11.7 Å². The summed E-state index contributed by atoms with van der Waals surface area (Å²) in [6.45, 7) is 1.73. The van der Waals surface area contributed by atoms with Gasteiger partial charge in [0.15, 0.2) is 0 Å². The van der Waals surface area contributed by atoms with Gasteiger partial charge in [-0.2, -0.15) is 0 Å². The number of aliphatic carboxylic acids is 1. The second-order valence-electron chi connectivity index (χ2n) is 8.30. The number of fused-ring (bicyclic) bond motifs is 3. The van der Waals surface area contributed by atoms with Crippen LogP contribution in [0.15, 0.2) is 66.7 Å². The number of carboxylic acids is 1. The number of anilines is 1. The van der Waals surface area contributed by atoms with Gasteiger partial charge in [-0.1, -0.05) is 55.5 Å². The summed E-state index contributed by atoms with van der Waals surface area (Å²) in [5.41, 5.74) is 4.22. The molecule has 0 bridgehead atoms. The van der Waals surface area contributed by atoms with E-state index in [9.17, 15) is 18.8 Å². The molecule has 3 aromatic rings. The SMILES string of the molecule is CCC(CNC(=O)c1ccc(NC(=O)OCC2c3ccccc3-c3ccccc32)c(F)c1)C(=O)O. The lowest BCUT2D eigenvalue weighted by atomic mass is 9.98. The number of halogens is 1. The van der Waals surface area contributed by atoms with Gasteiger partial charge in [-0.05, 0) is 46.9 Å². The zero-order valence-corrected chi connectivity index (χ0v) is 19.1. The molecule has 3 aromatic carbocycles. The number of ether oxygens (including phenoxy) is 1. The Kier molecular flexibility index (Phi) is 7.10. The second-order valence-corrected chi connectivity index (χ2v) is 8.30. The second kappa shape index (κ2) is 10.4. The van der Waals surface area contributed by atoms with E-state index in [1.54, 1.807) is 6.92 Å². The molecule has 180 valence electrons. The number of hydrogen-bond acceptors (Lipinski definition) is 4. The van der Waals surface area contributed by atoms with Crippen LogP contribution < -0.4 is 10.6 Å². The van der Waals surface area contributed by atoms with Gasteiger partial charge in [-0.25, -0.2) is 9.18 Å². The zero-order valence-electron chi connectivity index (χ0n) is 19.1. The van der Waals surface area contributed by atoms with Crippen LogP contribution in [-0.2, 0) is 9.53 Å². The zero-order chi connectivity index (χ0) is 24.9. The molecule has 0 aliphatic heterocycles. The van der Waals surface area contributed by atoms with Gasteiger partial charge in [0.25, 0.3) is 5.91 Å². The Morgan fingerprint density at radius 1 is 1.00 bits per heavy atom. The smallest absolute Gasteiger partial charge is 0.411 e. The van der Waals surface area contributed by atoms with Gasteiger partial charge in [0.1, 0.15) is 12.4 Å². The first-order chi connectivity index (χ1) is 16.9. The molecule has 0 aromatic heterocycles. The topological polar surface area (TPSA) is 105 Å². The highest BCUT2D eigenvalue weighted by molar-refractivity contribution is 5.95. The van der Waals surface area contributed by atoms with Crippen molar-refractivity contribution in [2.45, 2.75) is 19.3 Å². The maximum absolute atomic E-state index is 14.6. The van der Waals surface area contributed by atoms with Crippen molar-refractivity contribution in [1.82, 2.24) is 5.32 Å². The van der Waals surface area contributed by atoms with E-state index in [0.29, 0.717) is 6.42 Å². The maximum Gasteiger partial charge on any atom is 0.411 e. The molecule has 0 spiro atoms. The molecule has 1 atom stereocenters. The van der Waals surface area contributed by atoms with E-state index in [1.165, 1.54) is 12.1 Å². The van der Waals surface area contributed by atoms with Crippen molar-refractivity contribution in [2.24, 2.45) is 5.92 Å². The average Bonchev–Trinajstić information content (AvgIpc) is 3.17. The van der Waals surface area contributed by atoms with Crippen molar-refractivity contribution in [3.63, 3.8) is 0 Å². The molecule has 0 fully saturated rings. The summed E-state index contributed by atoms with van der Waals surface area (Å²) in [5, 5.41) is 13.9. The number of benzene rings is 3. The van der Waals surface area contributed by atoms with Gasteiger partial charge >= 0.3 is 12.1 Å². The van der Waals surface area contributed by atoms with E-state index in [2.05, 4.69) is 10.6 Å². The van der Waals surface area contributed by atoms with E-state index < -0.39 is 29.7 Å². The van der Waals surface area contributed by atoms with Crippen molar-refractivity contribution in [2.75, 3.05) is 18.5 Å². The first-order valence-corrected chi connectivity index (χ1v) is 11.3. The summed E-state index contributed by atoms with van der Waals surface area (Å²) < 4.78 is 20.0. The number of rotatable bonds is 8. The lowest BCUT2D eigenvalue weighted by Gasteiger charge is -2.15. The number of hydrogen-bond donors (Lipinski definition) is 3. The van der Waals surface area contributed by atoms with Gasteiger partial charge < -0.3 is 15.2 Å². The molecule has 7 nitrogen and oxygen atoms in total. The first-order valence-electron chi connectivity index (χ1n) is 11.3. The number of carbonyl (C=O) groups is 3. The molecule has 0 saturated carbocycles. The van der Waals surface area contributed by atoms with Crippen molar-refractivity contribution >= 4 is 23.7 Å². The van der Waals surface area contributed by atoms with E-state index in [-0.39, 0.29) is 30.3 Å². The Labute approximate surface area is 201 Å². The molecule has 0 heterocycles. The van der Waals surface area contributed by atoms with E-state index in [4.69, 9.17) is 9.84 Å². The van der Waals surface area contributed by atoms with Crippen LogP contribution in [0.1, 0.15) is 40.7 Å². The van der Waals surface area contributed by atoms with Crippen molar-refractivity contribution < 1.29 is 28.6 Å². The molecular formula is C27H25FN2O5. The fourth-order valence-corrected chi connectivity index (χ4v) is 4.23. The first kappa shape index (κ1) is 23.9. The highest BCUT2D eigenvalue weighted by Crippen LogP contribution is 2.44. The summed E-state index contributed by atoms with van der Waals surface area (Å²) in [6, 6.07) is 19.5. The molecule has 35 heavy (non-hydrogen) atoms. The molecule has 2 amide bonds. The lowest BCUT2D eigenvalue weighted by Crippen LogP contribution is -2.32. The minimum absolute atomic E-state index is 0.0147. The fraction of sp³-hybridized carbons (Fsp3) is 0.222. The number of carbonyl (C=O) groups excluding carboxylic acids is 2. The van der Waals surface area contributed by atoms with Crippen LogP contribution in [0.25, 0.3) is 11.1 Å². The standard InChI is InChI=1S/C27H25FN2O5/c1-2-16(26(32)33)14-29-25(31)17-11-12-24(23(28)13-17)30-27(34)35-15-22-20-9-5-3-7-18(20)19-8-4-6-10-21(19)22/h3-13,16,22H,2,14-15H2,1H3,(H,29,31)(H,30,34)(H,32,33). The Hall–Kier alpha value is -4.20. The quantitative estimate of drug-likeness (QED) is 0.423. The largest absolute Gasteiger partial charge is 0.481 e. The van der Waals surface area contributed by atoms with Crippen molar-refractivity contribution in [1.29, 1.82) is 0 Å². The van der Waals surface area contributed by atoms with E-state index >= 15 is 0 Å². The predicted octanol–water partition coefficient (Wildman–Crippen LogP) is 5.03. The fourth-order valence-electron chi connectivity index (χ4n) is 4.23. The third-order valence-corrected chi connectivity index (χ3v) is 6.16. The Morgan fingerprint density at radius 3 is 2.20 bits per heavy atom.